The largest absolute Gasteiger partial charge is 0.345 e. The molecule has 0 atom stereocenters. The Balaban J connectivity index is 1.57. The summed E-state index contributed by atoms with van der Waals surface area (Å²) < 4.78 is 1.59. The lowest BCUT2D eigenvalue weighted by Crippen LogP contribution is -2.25. The van der Waals surface area contributed by atoms with Crippen LogP contribution in [0.5, 0.6) is 0 Å². The Hall–Kier alpha value is -3.04. The highest BCUT2D eigenvalue weighted by molar-refractivity contribution is 7.13. The fourth-order valence-electron chi connectivity index (χ4n) is 2.35. The average molecular weight is 387 g/mol. The van der Waals surface area contributed by atoms with Crippen molar-refractivity contribution >= 4 is 34.5 Å². The summed E-state index contributed by atoms with van der Waals surface area (Å²) in [5.41, 5.74) is 1.18. The number of nitrogens with one attached hydrogen (secondary N) is 2. The molecule has 4 rings (SSSR count). The van der Waals surface area contributed by atoms with Gasteiger partial charge in [-0.1, -0.05) is 17.7 Å². The van der Waals surface area contributed by atoms with Gasteiger partial charge in [0.2, 0.25) is 0 Å². The number of hydrogen-bond acceptors (Lipinski definition) is 6. The molecule has 0 saturated carbocycles. The van der Waals surface area contributed by atoms with Crippen LogP contribution in [-0.2, 0) is 6.54 Å². The lowest BCUT2D eigenvalue weighted by molar-refractivity contribution is 0.0949. The molecular formula is C16H11ClN6O2S. The number of rotatable bonds is 4. The fraction of sp³-hybridized carbons (Fsp3) is 0.0625. The molecule has 0 aliphatic carbocycles. The monoisotopic (exact) mass is 386 g/mol. The molecule has 0 aliphatic rings. The molecule has 0 spiro atoms. The molecule has 0 bridgehead atoms. The minimum absolute atomic E-state index is 0.0483. The Labute approximate surface area is 155 Å². The first-order valence-electron chi connectivity index (χ1n) is 7.53. The van der Waals surface area contributed by atoms with E-state index in [2.05, 4.69) is 25.6 Å². The zero-order chi connectivity index (χ0) is 18.1. The Morgan fingerprint density at radius 2 is 2.19 bits per heavy atom. The molecule has 130 valence electrons. The van der Waals surface area contributed by atoms with Crippen molar-refractivity contribution in [1.82, 2.24) is 30.1 Å². The number of amides is 1. The summed E-state index contributed by atoms with van der Waals surface area (Å²) in [5, 5.41) is 17.3. The Bertz CT molecular complexity index is 1150. The van der Waals surface area contributed by atoms with Gasteiger partial charge in [0, 0.05) is 6.20 Å². The third-order valence-corrected chi connectivity index (χ3v) is 4.80. The third kappa shape index (κ3) is 3.09. The molecular weight excluding hydrogens is 376 g/mol. The summed E-state index contributed by atoms with van der Waals surface area (Å²) in [6, 6.07) is 8.94. The van der Waals surface area contributed by atoms with Gasteiger partial charge >= 0.3 is 0 Å². The van der Waals surface area contributed by atoms with E-state index < -0.39 is 11.5 Å². The van der Waals surface area contributed by atoms with Gasteiger partial charge in [0.15, 0.2) is 11.5 Å². The molecule has 1 amide bonds. The molecule has 4 heterocycles. The van der Waals surface area contributed by atoms with Crippen molar-refractivity contribution < 1.29 is 4.79 Å². The number of thiophene rings is 1. The number of hydrogen-bond donors (Lipinski definition) is 2. The minimum Gasteiger partial charge on any atom is -0.345 e. The van der Waals surface area contributed by atoms with E-state index in [-0.39, 0.29) is 17.1 Å². The van der Waals surface area contributed by atoms with Gasteiger partial charge in [-0.25, -0.2) is 0 Å². The first kappa shape index (κ1) is 16.4. The molecule has 0 unspecified atom stereocenters. The number of carbonyl (C=O) groups excluding carboxylic acids is 1. The van der Waals surface area contributed by atoms with Crippen LogP contribution < -0.4 is 10.9 Å². The van der Waals surface area contributed by atoms with Crippen LogP contribution in [0.15, 0.2) is 46.7 Å². The molecule has 2 N–H and O–H groups in total. The third-order valence-electron chi connectivity index (χ3n) is 3.63. The maximum Gasteiger partial charge on any atom is 0.266 e. The lowest BCUT2D eigenvalue weighted by Gasteiger charge is -2.05. The Kier molecular flexibility index (Phi) is 4.23. The van der Waals surface area contributed by atoms with Gasteiger partial charge in [-0.15, -0.1) is 21.5 Å². The molecule has 8 nitrogen and oxygen atoms in total. The Morgan fingerprint density at radius 1 is 1.31 bits per heavy atom. The zero-order valence-corrected chi connectivity index (χ0v) is 14.7. The maximum absolute atomic E-state index is 12.2. The zero-order valence-electron chi connectivity index (χ0n) is 13.1. The van der Waals surface area contributed by atoms with E-state index in [0.717, 1.165) is 10.6 Å². The molecule has 4 aromatic heterocycles. The van der Waals surface area contributed by atoms with Crippen LogP contribution in [0, 0.1) is 0 Å². The van der Waals surface area contributed by atoms with E-state index in [9.17, 15) is 9.59 Å². The topological polar surface area (TPSA) is 105 Å². The summed E-state index contributed by atoms with van der Waals surface area (Å²) >= 11 is 7.33. The van der Waals surface area contributed by atoms with Crippen molar-refractivity contribution in [1.29, 1.82) is 0 Å². The quantitative estimate of drug-likeness (QED) is 0.559. The van der Waals surface area contributed by atoms with Gasteiger partial charge in [-0.2, -0.15) is 9.61 Å². The lowest BCUT2D eigenvalue weighted by atomic mass is 10.2. The van der Waals surface area contributed by atoms with Crippen LogP contribution in [0.4, 0.5) is 0 Å². The van der Waals surface area contributed by atoms with Crippen molar-refractivity contribution in [3.05, 3.63) is 68.7 Å². The van der Waals surface area contributed by atoms with Gasteiger partial charge in [0.05, 0.1) is 17.0 Å². The molecule has 0 saturated heterocycles. The van der Waals surface area contributed by atoms with E-state index in [0.29, 0.717) is 11.5 Å². The van der Waals surface area contributed by atoms with Crippen LogP contribution in [0.3, 0.4) is 0 Å². The molecule has 0 aliphatic heterocycles. The first-order chi connectivity index (χ1) is 12.6. The number of halogens is 1. The second-order valence-electron chi connectivity index (χ2n) is 5.33. The van der Waals surface area contributed by atoms with Crippen LogP contribution >= 0.6 is 22.9 Å². The van der Waals surface area contributed by atoms with Crippen molar-refractivity contribution in [2.75, 3.05) is 0 Å². The van der Waals surface area contributed by atoms with Crippen LogP contribution in [0.2, 0.25) is 5.02 Å². The molecule has 4 aromatic rings. The number of nitrogens with zero attached hydrogens (tertiary/aromatic N) is 4. The minimum atomic E-state index is -0.447. The van der Waals surface area contributed by atoms with Crippen molar-refractivity contribution in [3.63, 3.8) is 0 Å². The number of H-pyrrole nitrogens is 1. The summed E-state index contributed by atoms with van der Waals surface area (Å²) in [7, 11) is 0. The fourth-order valence-corrected chi connectivity index (χ4v) is 3.21. The van der Waals surface area contributed by atoms with E-state index in [4.69, 9.17) is 11.6 Å². The smallest absolute Gasteiger partial charge is 0.266 e. The summed E-state index contributed by atoms with van der Waals surface area (Å²) in [4.78, 5) is 26.9. The number of aromatic nitrogens is 5. The van der Waals surface area contributed by atoms with Crippen LogP contribution in [0.25, 0.3) is 16.2 Å². The van der Waals surface area contributed by atoms with Gasteiger partial charge in [0.25, 0.3) is 11.5 Å². The summed E-state index contributed by atoms with van der Waals surface area (Å²) in [6.45, 7) is 0.123. The maximum atomic E-state index is 12.2. The van der Waals surface area contributed by atoms with Gasteiger partial charge in [-0.05, 0) is 29.6 Å². The highest BCUT2D eigenvalue weighted by Gasteiger charge is 2.12. The molecule has 0 radical (unpaired) electrons. The highest BCUT2D eigenvalue weighted by Crippen LogP contribution is 2.22. The standard InChI is InChI=1S/C16H11ClN6O2S/c17-10-6-9(7-18-16(10)25)15(24)19-8-14-21-20-13-4-3-11(22-23(13)14)12-2-1-5-26-12/h1-7H,8H2,(H,18,25)(H,19,24). The van der Waals surface area contributed by atoms with Crippen molar-refractivity contribution in [2.24, 2.45) is 0 Å². The van der Waals surface area contributed by atoms with E-state index in [1.165, 1.54) is 12.3 Å². The van der Waals surface area contributed by atoms with E-state index in [1.54, 1.807) is 15.9 Å². The first-order valence-corrected chi connectivity index (χ1v) is 8.79. The highest BCUT2D eigenvalue weighted by atomic mass is 35.5. The predicted molar refractivity (Wildman–Crippen MR) is 97.3 cm³/mol. The van der Waals surface area contributed by atoms with Crippen LogP contribution in [-0.4, -0.2) is 30.7 Å². The molecule has 26 heavy (non-hydrogen) atoms. The molecule has 0 fully saturated rings. The second-order valence-corrected chi connectivity index (χ2v) is 6.69. The number of carbonyl (C=O) groups is 1. The number of pyridine rings is 1. The molecule has 0 aromatic carbocycles. The summed E-state index contributed by atoms with van der Waals surface area (Å²) in [6.07, 6.45) is 1.30. The predicted octanol–water partition coefficient (Wildman–Crippen LogP) is 2.12. The van der Waals surface area contributed by atoms with Gasteiger partial charge < -0.3 is 10.3 Å². The SMILES string of the molecule is O=C(NCc1nnc2ccc(-c3cccs3)nn12)c1c[nH]c(=O)c(Cl)c1. The van der Waals surface area contributed by atoms with Gasteiger partial charge in [0.1, 0.15) is 10.7 Å². The van der Waals surface area contributed by atoms with E-state index in [1.807, 2.05) is 29.6 Å². The summed E-state index contributed by atoms with van der Waals surface area (Å²) in [5.74, 6) is 0.0941. The molecule has 10 heteroatoms. The second kappa shape index (κ2) is 6.70. The van der Waals surface area contributed by atoms with Crippen molar-refractivity contribution in [3.8, 4) is 10.6 Å². The van der Waals surface area contributed by atoms with E-state index >= 15 is 0 Å². The number of fused-ring (bicyclic) bond motifs is 1. The van der Waals surface area contributed by atoms with Gasteiger partial charge in [-0.3, -0.25) is 9.59 Å². The van der Waals surface area contributed by atoms with Crippen molar-refractivity contribution in [2.45, 2.75) is 6.54 Å². The number of aromatic amines is 1. The average Bonchev–Trinajstić information content (AvgIpc) is 3.31. The Morgan fingerprint density at radius 3 is 2.96 bits per heavy atom. The van der Waals surface area contributed by atoms with Crippen LogP contribution in [0.1, 0.15) is 16.2 Å². The normalized spacial score (nSPS) is 11.0.